The maximum absolute atomic E-state index is 5.42. The van der Waals surface area contributed by atoms with Crippen LogP contribution in [-0.4, -0.2) is 35.7 Å². The smallest absolute Gasteiger partial charge is 0.191 e. The zero-order valence-corrected chi connectivity index (χ0v) is 18.1. The fourth-order valence-electron chi connectivity index (χ4n) is 3.59. The minimum absolute atomic E-state index is 0.366. The van der Waals surface area contributed by atoms with Crippen molar-refractivity contribution in [3.8, 4) is 0 Å². The topological polar surface area (TPSA) is 65.7 Å². The monoisotopic (exact) mass is 397 g/mol. The lowest BCUT2D eigenvalue weighted by atomic mass is 10.1. The van der Waals surface area contributed by atoms with Crippen LogP contribution in [0.5, 0.6) is 0 Å². The van der Waals surface area contributed by atoms with Crippen LogP contribution in [0.25, 0.3) is 0 Å². The molecule has 2 heterocycles. The minimum atomic E-state index is 0.366. The van der Waals surface area contributed by atoms with Gasteiger partial charge in [0.1, 0.15) is 0 Å². The Balaban J connectivity index is 1.61. The molecule has 0 amide bonds. The minimum Gasteiger partial charge on any atom is -0.359 e. The highest BCUT2D eigenvalue weighted by Crippen LogP contribution is 2.17. The molecule has 6 nitrogen and oxygen atoms in total. The molecule has 29 heavy (non-hydrogen) atoms. The molecule has 0 bridgehead atoms. The number of piperidine rings is 1. The number of hydrogen-bond donors (Lipinski definition) is 2. The van der Waals surface area contributed by atoms with E-state index in [0.717, 1.165) is 30.5 Å². The van der Waals surface area contributed by atoms with Gasteiger partial charge < -0.3 is 15.2 Å². The van der Waals surface area contributed by atoms with Crippen molar-refractivity contribution in [1.82, 2.24) is 20.7 Å². The first-order valence-electron chi connectivity index (χ1n) is 10.9. The van der Waals surface area contributed by atoms with Crippen molar-refractivity contribution in [1.29, 1.82) is 0 Å². The van der Waals surface area contributed by atoms with Crippen LogP contribution in [-0.2, 0) is 19.6 Å². The van der Waals surface area contributed by atoms with E-state index < -0.39 is 0 Å². The first-order chi connectivity index (χ1) is 14.2. The summed E-state index contributed by atoms with van der Waals surface area (Å²) < 4.78 is 5.42. The molecule has 0 unspecified atom stereocenters. The Hall–Kier alpha value is -2.34. The fourth-order valence-corrected chi connectivity index (χ4v) is 3.59. The molecule has 1 fully saturated rings. The van der Waals surface area contributed by atoms with Crippen LogP contribution in [0.1, 0.15) is 68.5 Å². The third kappa shape index (κ3) is 6.60. The molecule has 2 N–H and O–H groups in total. The lowest BCUT2D eigenvalue weighted by Gasteiger charge is -2.27. The first kappa shape index (κ1) is 21.4. The highest BCUT2D eigenvalue weighted by Gasteiger charge is 2.12. The fraction of sp³-hybridized carbons (Fsp3) is 0.565. The average Bonchev–Trinajstić information content (AvgIpc) is 3.21. The summed E-state index contributed by atoms with van der Waals surface area (Å²) in [6.07, 6.45) is 3.99. The van der Waals surface area contributed by atoms with Gasteiger partial charge in [0, 0.05) is 19.2 Å². The van der Waals surface area contributed by atoms with Crippen molar-refractivity contribution >= 4 is 5.96 Å². The predicted molar refractivity (Wildman–Crippen MR) is 118 cm³/mol. The Kier molecular flexibility index (Phi) is 8.11. The molecule has 0 aliphatic carbocycles. The van der Waals surface area contributed by atoms with E-state index in [1.165, 1.54) is 43.5 Å². The summed E-state index contributed by atoms with van der Waals surface area (Å²) in [6.45, 7) is 11.8. The van der Waals surface area contributed by atoms with Crippen molar-refractivity contribution < 1.29 is 4.52 Å². The van der Waals surface area contributed by atoms with E-state index in [2.05, 4.69) is 65.7 Å². The quantitative estimate of drug-likeness (QED) is 0.520. The number of nitrogens with one attached hydrogen (secondary N) is 2. The van der Waals surface area contributed by atoms with Gasteiger partial charge in [0.2, 0.25) is 0 Å². The number of rotatable bonds is 8. The Bertz CT molecular complexity index is 777. The Morgan fingerprint density at radius 2 is 1.90 bits per heavy atom. The lowest BCUT2D eigenvalue weighted by molar-refractivity contribution is 0.220. The molecule has 1 aliphatic heterocycles. The van der Waals surface area contributed by atoms with Crippen LogP contribution in [0.2, 0.25) is 0 Å². The van der Waals surface area contributed by atoms with Crippen LogP contribution < -0.4 is 10.6 Å². The zero-order chi connectivity index (χ0) is 20.5. The molecule has 1 aliphatic rings. The van der Waals surface area contributed by atoms with Crippen LogP contribution >= 0.6 is 0 Å². The molecule has 1 saturated heterocycles. The second kappa shape index (κ2) is 11.0. The lowest BCUT2D eigenvalue weighted by Crippen LogP contribution is -2.36. The Labute approximate surface area is 174 Å². The molecule has 1 aromatic heterocycles. The molecule has 1 aromatic carbocycles. The molecule has 6 heteroatoms. The Morgan fingerprint density at radius 3 is 2.59 bits per heavy atom. The SMILES string of the molecule is CCNC(=NCc1ccccc1CN1CCCCC1)NCc1cc(C(C)C)no1. The van der Waals surface area contributed by atoms with Gasteiger partial charge in [-0.2, -0.15) is 0 Å². The van der Waals surface area contributed by atoms with Crippen LogP contribution in [0, 0.1) is 0 Å². The number of guanidine groups is 1. The molecular weight excluding hydrogens is 362 g/mol. The number of hydrogen-bond acceptors (Lipinski definition) is 4. The van der Waals surface area contributed by atoms with Gasteiger partial charge in [-0.05, 0) is 49.9 Å². The van der Waals surface area contributed by atoms with E-state index in [1.807, 2.05) is 6.07 Å². The highest BCUT2D eigenvalue weighted by molar-refractivity contribution is 5.79. The number of aromatic nitrogens is 1. The van der Waals surface area contributed by atoms with Crippen molar-refractivity contribution in [3.63, 3.8) is 0 Å². The van der Waals surface area contributed by atoms with Crippen molar-refractivity contribution in [2.24, 2.45) is 4.99 Å². The molecular formula is C23H35N5O. The summed E-state index contributed by atoms with van der Waals surface area (Å²) in [5.74, 6) is 1.98. The summed E-state index contributed by atoms with van der Waals surface area (Å²) in [6, 6.07) is 10.7. The van der Waals surface area contributed by atoms with E-state index in [1.54, 1.807) is 0 Å². The van der Waals surface area contributed by atoms with Crippen LogP contribution in [0.15, 0.2) is 39.8 Å². The normalized spacial score (nSPS) is 15.7. The standard InChI is InChI=1S/C23H35N5O/c1-4-24-23(26-16-21-14-22(18(2)3)27-29-21)25-15-19-10-6-7-11-20(19)17-28-12-8-5-9-13-28/h6-7,10-11,14,18H,4-5,8-9,12-13,15-17H2,1-3H3,(H2,24,25,26). The first-order valence-corrected chi connectivity index (χ1v) is 10.9. The Morgan fingerprint density at radius 1 is 1.14 bits per heavy atom. The van der Waals surface area contributed by atoms with Crippen molar-refractivity contribution in [3.05, 3.63) is 52.9 Å². The van der Waals surface area contributed by atoms with Gasteiger partial charge in [0.05, 0.1) is 18.8 Å². The van der Waals surface area contributed by atoms with Crippen molar-refractivity contribution in [2.45, 2.75) is 65.6 Å². The molecule has 0 spiro atoms. The number of benzene rings is 1. The number of aliphatic imine (C=N–C) groups is 1. The third-order valence-electron chi connectivity index (χ3n) is 5.31. The van der Waals surface area contributed by atoms with Gasteiger partial charge in [-0.3, -0.25) is 4.90 Å². The predicted octanol–water partition coefficient (Wildman–Crippen LogP) is 4.04. The van der Waals surface area contributed by atoms with Gasteiger partial charge in [-0.25, -0.2) is 4.99 Å². The molecule has 2 aromatic rings. The van der Waals surface area contributed by atoms with E-state index in [9.17, 15) is 0 Å². The molecule has 0 radical (unpaired) electrons. The summed E-state index contributed by atoms with van der Waals surface area (Å²) in [5.41, 5.74) is 3.65. The average molecular weight is 398 g/mol. The molecule has 3 rings (SSSR count). The molecule has 0 saturated carbocycles. The highest BCUT2D eigenvalue weighted by atomic mass is 16.5. The van der Waals surface area contributed by atoms with E-state index in [4.69, 9.17) is 9.52 Å². The van der Waals surface area contributed by atoms with Gasteiger partial charge in [-0.15, -0.1) is 0 Å². The van der Waals surface area contributed by atoms with Crippen molar-refractivity contribution in [2.75, 3.05) is 19.6 Å². The van der Waals surface area contributed by atoms with E-state index in [0.29, 0.717) is 19.0 Å². The van der Waals surface area contributed by atoms with E-state index in [-0.39, 0.29) is 0 Å². The van der Waals surface area contributed by atoms with Gasteiger partial charge >= 0.3 is 0 Å². The summed E-state index contributed by atoms with van der Waals surface area (Å²) in [5, 5.41) is 10.8. The number of likely N-dealkylation sites (tertiary alicyclic amines) is 1. The second-order valence-electron chi connectivity index (χ2n) is 8.03. The summed E-state index contributed by atoms with van der Waals surface area (Å²) >= 11 is 0. The maximum Gasteiger partial charge on any atom is 0.191 e. The van der Waals surface area contributed by atoms with E-state index >= 15 is 0 Å². The molecule has 0 atom stereocenters. The zero-order valence-electron chi connectivity index (χ0n) is 18.1. The van der Waals surface area contributed by atoms with Gasteiger partial charge in [-0.1, -0.05) is 49.7 Å². The van der Waals surface area contributed by atoms with Crippen LogP contribution in [0.4, 0.5) is 0 Å². The summed E-state index contributed by atoms with van der Waals surface area (Å²) in [7, 11) is 0. The maximum atomic E-state index is 5.42. The van der Waals surface area contributed by atoms with Crippen LogP contribution in [0.3, 0.4) is 0 Å². The second-order valence-corrected chi connectivity index (χ2v) is 8.03. The number of nitrogens with zero attached hydrogens (tertiary/aromatic N) is 3. The van der Waals surface area contributed by atoms with Gasteiger partial charge in [0.15, 0.2) is 11.7 Å². The van der Waals surface area contributed by atoms with Gasteiger partial charge in [0.25, 0.3) is 0 Å². The third-order valence-corrected chi connectivity index (χ3v) is 5.31. The summed E-state index contributed by atoms with van der Waals surface area (Å²) in [4.78, 5) is 7.37. The molecule has 158 valence electrons. The largest absolute Gasteiger partial charge is 0.359 e.